The van der Waals surface area contributed by atoms with Crippen LogP contribution < -0.4 is 21.0 Å². The molecule has 15 heteroatoms. The van der Waals surface area contributed by atoms with E-state index < -0.39 is 73.8 Å². The number of halogens is 2. The predicted molar refractivity (Wildman–Crippen MR) is 150 cm³/mol. The van der Waals surface area contributed by atoms with Crippen molar-refractivity contribution in [2.45, 2.75) is 70.2 Å². The third-order valence-corrected chi connectivity index (χ3v) is 7.97. The summed E-state index contributed by atoms with van der Waals surface area (Å²) >= 11 is 0. The van der Waals surface area contributed by atoms with Crippen LogP contribution >= 0.6 is 0 Å². The number of aromatic nitrogens is 1. The summed E-state index contributed by atoms with van der Waals surface area (Å²) in [6.07, 6.45) is 2.56. The first-order chi connectivity index (χ1) is 19.4. The van der Waals surface area contributed by atoms with E-state index >= 15 is 8.78 Å². The van der Waals surface area contributed by atoms with Gasteiger partial charge in [-0.05, 0) is 52.5 Å². The second-order valence-corrected chi connectivity index (χ2v) is 14.0. The number of rotatable bonds is 9. The molecule has 2 aliphatic rings. The third-order valence-electron chi connectivity index (χ3n) is 6.99. The Morgan fingerprint density at radius 3 is 2.43 bits per heavy atom. The largest absolute Gasteiger partial charge is 0.477 e. The number of hydrogen-bond donors (Lipinski definition) is 3. The lowest BCUT2D eigenvalue weighted by molar-refractivity contribution is -0.123. The molecule has 230 valence electrons. The number of fused-ring (bicyclic) bond motifs is 1. The van der Waals surface area contributed by atoms with E-state index in [9.17, 15) is 32.7 Å². The first-order valence-corrected chi connectivity index (χ1v) is 15.5. The lowest BCUT2D eigenvalue weighted by atomic mass is 10.1. The Labute approximate surface area is 240 Å². The van der Waals surface area contributed by atoms with Gasteiger partial charge in [-0.1, -0.05) is 0 Å². The van der Waals surface area contributed by atoms with Crippen molar-refractivity contribution in [3.05, 3.63) is 39.7 Å². The molecule has 0 spiro atoms. The van der Waals surface area contributed by atoms with Gasteiger partial charge in [-0.2, -0.15) is 0 Å². The Morgan fingerprint density at radius 2 is 1.86 bits per heavy atom. The number of pyridine rings is 1. The molecule has 2 unspecified atom stereocenters. The molecule has 1 aliphatic carbocycles. The fraction of sp³-hybridized carbons (Fsp3) is 0.556. The van der Waals surface area contributed by atoms with Gasteiger partial charge in [-0.3, -0.25) is 9.59 Å². The van der Waals surface area contributed by atoms with Crippen LogP contribution in [0.4, 0.5) is 19.3 Å². The third kappa shape index (κ3) is 7.17. The molecule has 1 aromatic carbocycles. The highest BCUT2D eigenvalue weighted by molar-refractivity contribution is 7.90. The highest BCUT2D eigenvalue weighted by Crippen LogP contribution is 2.40. The van der Waals surface area contributed by atoms with E-state index in [2.05, 4.69) is 10.6 Å². The molecule has 0 radical (unpaired) electrons. The molecule has 12 nitrogen and oxygen atoms in total. The smallest absolute Gasteiger partial charge is 0.408 e. The lowest BCUT2D eigenvalue weighted by Crippen LogP contribution is -2.51. The number of anilines is 1. The molecule has 2 aromatic rings. The van der Waals surface area contributed by atoms with Gasteiger partial charge in [-0.25, -0.2) is 26.8 Å². The number of aromatic carboxylic acids is 1. The molecule has 2 heterocycles. The zero-order chi connectivity index (χ0) is 31.1. The molecule has 1 saturated carbocycles. The maximum atomic E-state index is 16.0. The van der Waals surface area contributed by atoms with Crippen molar-refractivity contribution >= 4 is 44.4 Å². The molecule has 1 aromatic heterocycles. The van der Waals surface area contributed by atoms with Crippen molar-refractivity contribution in [3.8, 4) is 0 Å². The van der Waals surface area contributed by atoms with E-state index in [1.807, 2.05) is 0 Å². The fourth-order valence-corrected chi connectivity index (χ4v) is 5.61. The van der Waals surface area contributed by atoms with Crippen molar-refractivity contribution in [3.63, 3.8) is 0 Å². The van der Waals surface area contributed by atoms with Gasteiger partial charge < -0.3 is 29.9 Å². The summed E-state index contributed by atoms with van der Waals surface area (Å²) in [4.78, 5) is 51.1. The predicted octanol–water partition coefficient (Wildman–Crippen LogP) is 2.34. The van der Waals surface area contributed by atoms with E-state index in [0.29, 0.717) is 12.8 Å². The Bertz CT molecular complexity index is 1600. The van der Waals surface area contributed by atoms with Crippen LogP contribution in [0.3, 0.4) is 0 Å². The van der Waals surface area contributed by atoms with Crippen molar-refractivity contribution in [1.82, 2.24) is 15.2 Å². The summed E-state index contributed by atoms with van der Waals surface area (Å²) in [6, 6.07) is -1.22. The molecule has 3 N–H and O–H groups in total. The van der Waals surface area contributed by atoms with Crippen LogP contribution in [0.25, 0.3) is 10.9 Å². The molecule has 1 aliphatic heterocycles. The van der Waals surface area contributed by atoms with Crippen LogP contribution in [-0.4, -0.2) is 78.8 Å². The average molecular weight is 613 g/mol. The SMILES string of the molecule is CC(C)(C)OC(=O)NC(CCS(C)(=O)=O)C(=O)NC1CCN(c2c(F)cc3c(=O)c(C(=O)O)cn(C4CC4)c3c2F)C1. The summed E-state index contributed by atoms with van der Waals surface area (Å²) < 4.78 is 61.3. The van der Waals surface area contributed by atoms with Gasteiger partial charge in [0, 0.05) is 37.6 Å². The molecule has 2 atom stereocenters. The molecule has 1 saturated heterocycles. The Kier molecular flexibility index (Phi) is 8.54. The van der Waals surface area contributed by atoms with Crippen LogP contribution in [0.15, 0.2) is 17.1 Å². The summed E-state index contributed by atoms with van der Waals surface area (Å²) in [5.41, 5.74) is -3.00. The van der Waals surface area contributed by atoms with Crippen LogP contribution in [0, 0.1) is 11.6 Å². The number of alkyl carbamates (subject to hydrolysis) is 1. The Balaban J connectivity index is 1.56. The topological polar surface area (TPSA) is 164 Å². The number of benzene rings is 1. The summed E-state index contributed by atoms with van der Waals surface area (Å²) in [6.45, 7) is 5.01. The van der Waals surface area contributed by atoms with Gasteiger partial charge in [0.1, 0.15) is 38.5 Å². The fourth-order valence-electron chi connectivity index (χ4n) is 4.95. The normalized spacial score (nSPS) is 18.1. The molecule has 4 rings (SSSR count). The molecular formula is C27H34F2N4O8S. The van der Waals surface area contributed by atoms with Gasteiger partial charge in [-0.15, -0.1) is 0 Å². The standard InChI is InChI=1S/C27H34F2N4O8S/c1-27(2,3)41-26(38)31-19(8-10-42(4,39)40)24(35)30-14-7-9-32(12-14)22-18(28)11-16-21(20(22)29)33(15-5-6-15)13-17(23(16)34)25(36)37/h11,13-15,19H,5-10,12H2,1-4H3,(H,30,35)(H,31,38)(H,36,37). The second-order valence-electron chi connectivity index (χ2n) is 11.8. The lowest BCUT2D eigenvalue weighted by Gasteiger charge is -2.25. The number of amides is 2. The number of ether oxygens (including phenoxy) is 1. The molecule has 0 bridgehead atoms. The van der Waals surface area contributed by atoms with Gasteiger partial charge in [0.2, 0.25) is 11.3 Å². The first kappa shape index (κ1) is 31.2. The zero-order valence-electron chi connectivity index (χ0n) is 23.7. The zero-order valence-corrected chi connectivity index (χ0v) is 24.5. The van der Waals surface area contributed by atoms with Gasteiger partial charge >= 0.3 is 12.1 Å². The number of carbonyl (C=O) groups excluding carboxylic acids is 2. The Hall–Kier alpha value is -3.75. The first-order valence-electron chi connectivity index (χ1n) is 13.5. The number of sulfone groups is 1. The number of carboxylic acid groups (broad SMARTS) is 1. The minimum atomic E-state index is -3.46. The highest BCUT2D eigenvalue weighted by Gasteiger charge is 2.34. The van der Waals surface area contributed by atoms with E-state index in [0.717, 1.165) is 18.5 Å². The summed E-state index contributed by atoms with van der Waals surface area (Å²) in [5, 5.41) is 14.2. The van der Waals surface area contributed by atoms with Gasteiger partial charge in [0.05, 0.1) is 16.7 Å². The van der Waals surface area contributed by atoms with Crippen molar-refractivity contribution < 1.29 is 41.4 Å². The van der Waals surface area contributed by atoms with E-state index in [1.165, 1.54) is 9.47 Å². The van der Waals surface area contributed by atoms with Crippen LogP contribution in [-0.2, 0) is 19.4 Å². The highest BCUT2D eigenvalue weighted by atomic mass is 32.2. The van der Waals surface area contributed by atoms with Crippen LogP contribution in [0.2, 0.25) is 0 Å². The minimum absolute atomic E-state index is 0.0167. The van der Waals surface area contributed by atoms with E-state index in [-0.39, 0.29) is 48.6 Å². The van der Waals surface area contributed by atoms with E-state index in [4.69, 9.17) is 4.74 Å². The molecule has 42 heavy (non-hydrogen) atoms. The van der Waals surface area contributed by atoms with Crippen LogP contribution in [0.1, 0.15) is 62.9 Å². The maximum absolute atomic E-state index is 16.0. The average Bonchev–Trinajstić information content (AvgIpc) is 3.59. The summed E-state index contributed by atoms with van der Waals surface area (Å²) in [7, 11) is -3.46. The minimum Gasteiger partial charge on any atom is -0.477 e. The van der Waals surface area contributed by atoms with E-state index in [1.54, 1.807) is 20.8 Å². The number of nitrogens with zero attached hydrogens (tertiary/aromatic N) is 2. The second kappa shape index (κ2) is 11.5. The molecular weight excluding hydrogens is 578 g/mol. The number of carboxylic acids is 1. The van der Waals surface area contributed by atoms with Crippen molar-refractivity contribution in [1.29, 1.82) is 0 Å². The summed E-state index contributed by atoms with van der Waals surface area (Å²) in [5.74, 6) is -4.60. The number of carbonyl (C=O) groups is 3. The van der Waals surface area contributed by atoms with Gasteiger partial charge in [0.25, 0.3) is 0 Å². The van der Waals surface area contributed by atoms with Gasteiger partial charge in [0.15, 0.2) is 5.82 Å². The monoisotopic (exact) mass is 612 g/mol. The van der Waals surface area contributed by atoms with Crippen molar-refractivity contribution in [2.24, 2.45) is 0 Å². The molecule has 2 fully saturated rings. The molecule has 2 amide bonds. The number of nitrogens with one attached hydrogen (secondary N) is 2. The maximum Gasteiger partial charge on any atom is 0.408 e. The quantitative estimate of drug-likeness (QED) is 0.386. The van der Waals surface area contributed by atoms with Crippen LogP contribution in [0.5, 0.6) is 0 Å². The Morgan fingerprint density at radius 1 is 1.19 bits per heavy atom. The van der Waals surface area contributed by atoms with Crippen molar-refractivity contribution in [2.75, 3.05) is 30.0 Å². The number of hydrogen-bond acceptors (Lipinski definition) is 8.